The molecule has 0 bridgehead atoms. The minimum Gasteiger partial charge on any atom is -0.461 e. The number of rotatable bonds is 16. The van der Waals surface area contributed by atoms with Crippen LogP contribution in [0.15, 0.2) is 118 Å². The fourth-order valence-corrected chi connectivity index (χ4v) is 3.31. The zero-order valence-electron chi connectivity index (χ0n) is 23.7. The predicted molar refractivity (Wildman–Crippen MR) is 159 cm³/mol. The smallest absolute Gasteiger partial charge is 0.330 e. The van der Waals surface area contributed by atoms with E-state index in [9.17, 15) is 14.4 Å². The Labute approximate surface area is 240 Å². The number of carbonyl (C=O) groups excluding carboxylic acids is 3. The molecular formula is C31H35N5O5. The Bertz CT molecular complexity index is 1320. The number of allylic oxidation sites excluding steroid dienone is 4. The highest BCUT2D eigenvalue weighted by Crippen LogP contribution is 2.27. The van der Waals surface area contributed by atoms with Crippen LogP contribution in [-0.4, -0.2) is 44.0 Å². The maximum absolute atomic E-state index is 12.5. The number of Topliss-reactive ketones (excluding diaryl/α,β-unsaturated/α-hetero) is 1. The monoisotopic (exact) mass is 557 g/mol. The lowest BCUT2D eigenvalue weighted by Gasteiger charge is -2.25. The molecule has 0 aliphatic carbocycles. The number of benzene rings is 2. The van der Waals surface area contributed by atoms with Crippen LogP contribution in [0.5, 0.6) is 0 Å². The third-order valence-electron chi connectivity index (χ3n) is 5.51. The zero-order valence-corrected chi connectivity index (χ0v) is 23.7. The summed E-state index contributed by atoms with van der Waals surface area (Å²) in [6.07, 6.45) is 6.37. The van der Waals surface area contributed by atoms with Crippen molar-refractivity contribution in [3.63, 3.8) is 0 Å². The van der Waals surface area contributed by atoms with Gasteiger partial charge in [-0.3, -0.25) is 4.79 Å². The first kappa shape index (κ1) is 32.2. The predicted octanol–water partition coefficient (Wildman–Crippen LogP) is 7.22. The number of esters is 2. The van der Waals surface area contributed by atoms with Gasteiger partial charge in [-0.05, 0) is 62.8 Å². The molecule has 0 heterocycles. The average Bonchev–Trinajstić information content (AvgIpc) is 2.99. The summed E-state index contributed by atoms with van der Waals surface area (Å²) < 4.78 is 10.2. The van der Waals surface area contributed by atoms with E-state index in [1.807, 2.05) is 55.2 Å². The number of ketones is 1. The highest BCUT2D eigenvalue weighted by Gasteiger charge is 2.14. The molecule has 2 aromatic carbocycles. The number of ether oxygens (including phenoxy) is 2. The van der Waals surface area contributed by atoms with Gasteiger partial charge in [-0.25, -0.2) is 9.59 Å². The van der Waals surface area contributed by atoms with E-state index in [0.29, 0.717) is 47.8 Å². The van der Waals surface area contributed by atoms with E-state index in [0.717, 1.165) is 17.8 Å². The highest BCUT2D eigenvalue weighted by atomic mass is 16.5. The van der Waals surface area contributed by atoms with Crippen LogP contribution in [0.4, 0.5) is 17.1 Å². The van der Waals surface area contributed by atoms with Gasteiger partial charge in [0.15, 0.2) is 5.78 Å². The molecule has 2 aromatic rings. The van der Waals surface area contributed by atoms with Crippen molar-refractivity contribution in [2.24, 2.45) is 20.5 Å². The van der Waals surface area contributed by atoms with Crippen LogP contribution in [0.1, 0.15) is 37.6 Å². The van der Waals surface area contributed by atoms with Gasteiger partial charge in [-0.2, -0.15) is 20.5 Å². The molecule has 214 valence electrons. The topological polar surface area (TPSA) is 122 Å². The van der Waals surface area contributed by atoms with Gasteiger partial charge in [0.05, 0.1) is 35.9 Å². The largest absolute Gasteiger partial charge is 0.461 e. The molecule has 0 aromatic heterocycles. The summed E-state index contributed by atoms with van der Waals surface area (Å²) >= 11 is 0. The van der Waals surface area contributed by atoms with Gasteiger partial charge >= 0.3 is 11.9 Å². The molecule has 10 heteroatoms. The second-order valence-electron chi connectivity index (χ2n) is 8.54. The third kappa shape index (κ3) is 11.7. The molecule has 0 fully saturated rings. The number of nitrogens with zero attached hydrogens (tertiary/aromatic N) is 5. The molecule has 0 N–H and O–H groups in total. The lowest BCUT2D eigenvalue weighted by Crippen LogP contribution is -2.32. The number of hydrogen-bond donors (Lipinski definition) is 0. The molecular weight excluding hydrogens is 522 g/mol. The first-order valence-electron chi connectivity index (χ1n) is 13.0. The Morgan fingerprint density at radius 2 is 1.49 bits per heavy atom. The summed E-state index contributed by atoms with van der Waals surface area (Å²) in [7, 11) is 0. The maximum atomic E-state index is 12.5. The van der Waals surface area contributed by atoms with E-state index < -0.39 is 11.9 Å². The Morgan fingerprint density at radius 1 is 0.854 bits per heavy atom. The van der Waals surface area contributed by atoms with E-state index in [1.165, 1.54) is 6.92 Å². The number of azo groups is 2. The molecule has 0 saturated heterocycles. The van der Waals surface area contributed by atoms with Crippen molar-refractivity contribution < 1.29 is 23.9 Å². The summed E-state index contributed by atoms with van der Waals surface area (Å²) in [4.78, 5) is 37.3. The molecule has 0 amide bonds. The zero-order chi connectivity index (χ0) is 30.0. The van der Waals surface area contributed by atoms with Gasteiger partial charge in [0.2, 0.25) is 0 Å². The summed E-state index contributed by atoms with van der Waals surface area (Å²) in [5.41, 5.74) is 3.57. The SMILES string of the molecule is C=CC(=O)OCCN(CCOC(=O)C=C)c1ccc(N=NC(=CC=C(C)N=Nc2ccccc2)CC)c(C(C)=O)c1. The van der Waals surface area contributed by atoms with E-state index >= 15 is 0 Å². The fraction of sp³-hybridized carbons (Fsp3) is 0.258. The Kier molecular flexibility index (Phi) is 13.8. The van der Waals surface area contributed by atoms with Crippen LogP contribution in [-0.2, 0) is 19.1 Å². The molecule has 0 spiro atoms. The quantitative estimate of drug-likeness (QED) is 0.0706. The normalized spacial score (nSPS) is 11.9. The van der Waals surface area contributed by atoms with Gasteiger partial charge in [-0.15, -0.1) is 0 Å². The summed E-state index contributed by atoms with van der Waals surface area (Å²) in [5, 5.41) is 17.1. The Hall–Kier alpha value is -4.99. The standard InChI is InChI=1S/C31H35N5O5/c1-6-25(15-14-23(4)32-34-26-12-10-9-11-13-26)33-35-29-17-16-27(22-28(29)24(5)37)36(18-20-40-30(38)7-2)19-21-41-31(39)8-3/h7-17,22H,2-3,6,18-21H2,1,4-5H3. The lowest BCUT2D eigenvalue weighted by molar-refractivity contribution is -0.137. The van der Waals surface area contributed by atoms with Gasteiger partial charge in [0.25, 0.3) is 0 Å². The number of carbonyl (C=O) groups is 3. The highest BCUT2D eigenvalue weighted by molar-refractivity contribution is 5.99. The van der Waals surface area contributed by atoms with Gasteiger partial charge in [0.1, 0.15) is 13.2 Å². The Morgan fingerprint density at radius 3 is 2.05 bits per heavy atom. The van der Waals surface area contributed by atoms with Crippen LogP contribution in [0.25, 0.3) is 0 Å². The minimum absolute atomic E-state index is 0.0691. The summed E-state index contributed by atoms with van der Waals surface area (Å²) in [6.45, 7) is 12.7. The van der Waals surface area contributed by atoms with Crippen molar-refractivity contribution in [2.45, 2.75) is 27.2 Å². The molecule has 10 nitrogen and oxygen atoms in total. The molecule has 41 heavy (non-hydrogen) atoms. The van der Waals surface area contributed by atoms with Gasteiger partial charge in [-0.1, -0.05) is 38.3 Å². The molecule has 0 unspecified atom stereocenters. The van der Waals surface area contributed by atoms with E-state index in [2.05, 4.69) is 33.6 Å². The van der Waals surface area contributed by atoms with Crippen molar-refractivity contribution in [1.29, 1.82) is 0 Å². The van der Waals surface area contributed by atoms with Gasteiger partial charge < -0.3 is 14.4 Å². The van der Waals surface area contributed by atoms with Crippen LogP contribution >= 0.6 is 0 Å². The number of anilines is 1. The molecule has 0 saturated carbocycles. The van der Waals surface area contributed by atoms with Crippen LogP contribution in [0.3, 0.4) is 0 Å². The molecule has 0 aliphatic heterocycles. The van der Waals surface area contributed by atoms with Crippen molar-refractivity contribution >= 4 is 34.8 Å². The lowest BCUT2D eigenvalue weighted by atomic mass is 10.1. The van der Waals surface area contributed by atoms with Crippen molar-refractivity contribution in [1.82, 2.24) is 0 Å². The van der Waals surface area contributed by atoms with Crippen LogP contribution in [0.2, 0.25) is 0 Å². The molecule has 2 rings (SSSR count). The van der Waals surface area contributed by atoms with E-state index in [4.69, 9.17) is 9.47 Å². The summed E-state index contributed by atoms with van der Waals surface area (Å²) in [6, 6.07) is 14.6. The first-order valence-corrected chi connectivity index (χ1v) is 13.0. The summed E-state index contributed by atoms with van der Waals surface area (Å²) in [5.74, 6) is -1.30. The van der Waals surface area contributed by atoms with Crippen LogP contribution in [0, 0.1) is 0 Å². The first-order chi connectivity index (χ1) is 19.8. The van der Waals surface area contributed by atoms with Crippen molar-refractivity contribution in [3.8, 4) is 0 Å². The van der Waals surface area contributed by atoms with Crippen LogP contribution < -0.4 is 4.90 Å². The second kappa shape index (κ2) is 17.6. The van der Waals surface area contributed by atoms with E-state index in [1.54, 1.807) is 24.3 Å². The maximum Gasteiger partial charge on any atom is 0.330 e. The average molecular weight is 558 g/mol. The Balaban J connectivity index is 2.24. The second-order valence-corrected chi connectivity index (χ2v) is 8.54. The van der Waals surface area contributed by atoms with E-state index in [-0.39, 0.29) is 19.0 Å². The molecule has 0 aliphatic rings. The molecule has 0 radical (unpaired) electrons. The van der Waals surface area contributed by atoms with Crippen molar-refractivity contribution in [3.05, 3.63) is 103 Å². The van der Waals surface area contributed by atoms with Gasteiger partial charge in [0, 0.05) is 23.4 Å². The fourth-order valence-electron chi connectivity index (χ4n) is 3.31. The number of hydrogen-bond acceptors (Lipinski definition) is 10. The molecule has 0 atom stereocenters. The minimum atomic E-state index is -0.549. The third-order valence-corrected chi connectivity index (χ3v) is 5.51. The van der Waals surface area contributed by atoms with Crippen molar-refractivity contribution in [2.75, 3.05) is 31.2 Å².